The molecule has 1 atom stereocenters. The molecule has 0 aliphatic heterocycles. The molecule has 41 heavy (non-hydrogen) atoms. The fraction of sp³-hybridized carbons (Fsp3) is 0.135. The van der Waals surface area contributed by atoms with E-state index in [2.05, 4.69) is 134 Å². The fourth-order valence-electron chi connectivity index (χ4n) is 5.47. The van der Waals surface area contributed by atoms with E-state index in [-0.39, 0.29) is 0 Å². The lowest BCUT2D eigenvalue weighted by atomic mass is 9.84. The summed E-state index contributed by atoms with van der Waals surface area (Å²) in [4.78, 5) is 19.7. The summed E-state index contributed by atoms with van der Waals surface area (Å²) in [5.41, 5.74) is 7.70. The molecule has 4 nitrogen and oxygen atoms in total. The molecule has 0 saturated carbocycles. The summed E-state index contributed by atoms with van der Waals surface area (Å²) in [5.74, 6) is 2.84. The number of pyridine rings is 1. The van der Waals surface area contributed by atoms with Gasteiger partial charge >= 0.3 is 0 Å². The molecule has 4 heteroatoms. The van der Waals surface area contributed by atoms with Crippen LogP contribution in [0.3, 0.4) is 0 Å². The molecule has 2 heterocycles. The average molecular weight is 531 g/mol. The van der Waals surface area contributed by atoms with Crippen LogP contribution >= 0.6 is 0 Å². The number of benzene rings is 3. The minimum Gasteiger partial charge on any atom is -0.260 e. The van der Waals surface area contributed by atoms with Gasteiger partial charge in [-0.1, -0.05) is 117 Å². The van der Waals surface area contributed by atoms with E-state index in [1.54, 1.807) is 0 Å². The van der Waals surface area contributed by atoms with Gasteiger partial charge < -0.3 is 0 Å². The summed E-state index contributed by atoms with van der Waals surface area (Å²) in [5, 5.41) is 2.36. The molecule has 2 aliphatic carbocycles. The van der Waals surface area contributed by atoms with Crippen LogP contribution in [0.1, 0.15) is 37.7 Å². The zero-order chi connectivity index (χ0) is 27.8. The monoisotopic (exact) mass is 530 g/mol. The number of hydrogen-bond acceptors (Lipinski definition) is 4. The van der Waals surface area contributed by atoms with Gasteiger partial charge in [0.1, 0.15) is 0 Å². The van der Waals surface area contributed by atoms with E-state index in [0.29, 0.717) is 23.5 Å². The molecule has 0 N–H and O–H groups in total. The maximum absolute atomic E-state index is 5.01. The zero-order valence-electron chi connectivity index (χ0n) is 23.2. The molecule has 1 unspecified atom stereocenters. The molecule has 0 spiro atoms. The predicted octanol–water partition coefficient (Wildman–Crippen LogP) is 9.00. The molecule has 0 bridgehead atoms. The van der Waals surface area contributed by atoms with Gasteiger partial charge in [-0.15, -0.1) is 0 Å². The Morgan fingerprint density at radius 1 is 0.659 bits per heavy atom. The molecule has 198 valence electrons. The Bertz CT molecular complexity index is 1870. The summed E-state index contributed by atoms with van der Waals surface area (Å²) in [7, 11) is 0. The van der Waals surface area contributed by atoms with Crippen molar-refractivity contribution in [3.63, 3.8) is 0 Å². The predicted molar refractivity (Wildman–Crippen MR) is 168 cm³/mol. The van der Waals surface area contributed by atoms with Crippen LogP contribution < -0.4 is 0 Å². The van der Waals surface area contributed by atoms with Crippen molar-refractivity contribution < 1.29 is 0 Å². The number of allylic oxidation sites excluding steroid dienone is 8. The molecular weight excluding hydrogens is 500 g/mol. The summed E-state index contributed by atoms with van der Waals surface area (Å²) < 4.78 is 0. The van der Waals surface area contributed by atoms with Crippen LogP contribution in [-0.2, 0) is 0 Å². The highest BCUT2D eigenvalue weighted by Crippen LogP contribution is 2.35. The van der Waals surface area contributed by atoms with Crippen LogP contribution in [0.25, 0.3) is 50.2 Å². The SMILES string of the molecule is CC(C)c1ccc(-c2ccc(-c3nc(C4=CC=C5C=CC=CC5C4)nc(-c4ccc5ccccc5c4)n3)cc2)cn1. The Hall–Kier alpha value is -4.96. The first-order chi connectivity index (χ1) is 20.1. The van der Waals surface area contributed by atoms with Crippen LogP contribution in [0.2, 0.25) is 0 Å². The highest BCUT2D eigenvalue weighted by Gasteiger charge is 2.21. The first-order valence-corrected chi connectivity index (χ1v) is 14.2. The van der Waals surface area contributed by atoms with Crippen molar-refractivity contribution in [3.05, 3.63) is 139 Å². The maximum atomic E-state index is 5.01. The van der Waals surface area contributed by atoms with Crippen molar-refractivity contribution in [2.24, 2.45) is 5.92 Å². The first kappa shape index (κ1) is 25.0. The van der Waals surface area contributed by atoms with Gasteiger partial charge in [0.05, 0.1) is 0 Å². The Morgan fingerprint density at radius 2 is 1.37 bits per heavy atom. The van der Waals surface area contributed by atoms with E-state index >= 15 is 0 Å². The Balaban J connectivity index is 1.30. The highest BCUT2D eigenvalue weighted by molar-refractivity contribution is 5.86. The van der Waals surface area contributed by atoms with Gasteiger partial charge in [-0.25, -0.2) is 15.0 Å². The van der Waals surface area contributed by atoms with Crippen LogP contribution in [0.15, 0.2) is 127 Å². The molecule has 0 amide bonds. The normalized spacial score (nSPS) is 16.0. The quantitative estimate of drug-likeness (QED) is 0.227. The minimum absolute atomic E-state index is 0.347. The van der Waals surface area contributed by atoms with E-state index in [1.807, 2.05) is 6.20 Å². The van der Waals surface area contributed by atoms with Gasteiger partial charge in [0.25, 0.3) is 0 Å². The van der Waals surface area contributed by atoms with Crippen LogP contribution in [0.5, 0.6) is 0 Å². The van der Waals surface area contributed by atoms with Gasteiger partial charge in [0.15, 0.2) is 17.5 Å². The van der Waals surface area contributed by atoms with E-state index in [9.17, 15) is 0 Å². The lowest BCUT2D eigenvalue weighted by Crippen LogP contribution is -2.10. The Labute approximate surface area is 240 Å². The molecule has 2 aliphatic rings. The third-order valence-electron chi connectivity index (χ3n) is 7.87. The van der Waals surface area contributed by atoms with Gasteiger partial charge in [-0.05, 0) is 52.0 Å². The van der Waals surface area contributed by atoms with Gasteiger partial charge in [-0.3, -0.25) is 4.98 Å². The van der Waals surface area contributed by atoms with Crippen molar-refractivity contribution in [3.8, 4) is 33.9 Å². The molecular formula is C37H30N4. The second kappa shape index (κ2) is 10.5. The molecule has 2 aromatic heterocycles. The Morgan fingerprint density at radius 3 is 2.15 bits per heavy atom. The van der Waals surface area contributed by atoms with Crippen LogP contribution in [0, 0.1) is 5.92 Å². The zero-order valence-corrected chi connectivity index (χ0v) is 23.2. The average Bonchev–Trinajstić information content (AvgIpc) is 3.04. The van der Waals surface area contributed by atoms with Crippen molar-refractivity contribution in [1.29, 1.82) is 0 Å². The van der Waals surface area contributed by atoms with Crippen molar-refractivity contribution >= 4 is 16.3 Å². The van der Waals surface area contributed by atoms with Crippen molar-refractivity contribution in [2.45, 2.75) is 26.2 Å². The van der Waals surface area contributed by atoms with Gasteiger partial charge in [0, 0.05) is 34.5 Å². The summed E-state index contributed by atoms with van der Waals surface area (Å²) in [6.07, 6.45) is 15.8. The summed E-state index contributed by atoms with van der Waals surface area (Å²) in [6.45, 7) is 4.32. The third kappa shape index (κ3) is 5.05. The molecule has 5 aromatic rings. The van der Waals surface area contributed by atoms with E-state index < -0.39 is 0 Å². The number of hydrogen-bond donors (Lipinski definition) is 0. The number of rotatable bonds is 5. The van der Waals surface area contributed by atoms with Crippen LogP contribution in [-0.4, -0.2) is 19.9 Å². The number of fused-ring (bicyclic) bond motifs is 2. The molecule has 3 aromatic carbocycles. The summed E-state index contributed by atoms with van der Waals surface area (Å²) >= 11 is 0. The van der Waals surface area contributed by atoms with Crippen molar-refractivity contribution in [1.82, 2.24) is 19.9 Å². The number of aromatic nitrogens is 4. The largest absolute Gasteiger partial charge is 0.260 e. The van der Waals surface area contributed by atoms with Crippen LogP contribution in [0.4, 0.5) is 0 Å². The van der Waals surface area contributed by atoms with E-state index in [0.717, 1.165) is 45.8 Å². The van der Waals surface area contributed by atoms with Gasteiger partial charge in [-0.2, -0.15) is 0 Å². The topological polar surface area (TPSA) is 51.6 Å². The molecule has 0 radical (unpaired) electrons. The molecule has 7 rings (SSSR count). The second-order valence-corrected chi connectivity index (χ2v) is 11.0. The maximum Gasteiger partial charge on any atom is 0.164 e. The fourth-order valence-corrected chi connectivity index (χ4v) is 5.47. The lowest BCUT2D eigenvalue weighted by molar-refractivity contribution is 0.784. The minimum atomic E-state index is 0.347. The highest BCUT2D eigenvalue weighted by atomic mass is 15.0. The first-order valence-electron chi connectivity index (χ1n) is 14.2. The van der Waals surface area contributed by atoms with E-state index in [4.69, 9.17) is 15.0 Å². The lowest BCUT2D eigenvalue weighted by Gasteiger charge is -2.22. The van der Waals surface area contributed by atoms with Crippen molar-refractivity contribution in [2.75, 3.05) is 0 Å². The third-order valence-corrected chi connectivity index (χ3v) is 7.87. The second-order valence-electron chi connectivity index (χ2n) is 11.0. The smallest absolute Gasteiger partial charge is 0.164 e. The number of nitrogens with zero attached hydrogens (tertiary/aromatic N) is 4. The molecule has 0 fully saturated rings. The molecule has 0 saturated heterocycles. The summed E-state index contributed by atoms with van der Waals surface area (Å²) in [6, 6.07) is 27.5. The van der Waals surface area contributed by atoms with Gasteiger partial charge in [0.2, 0.25) is 0 Å². The Kier molecular flexibility index (Phi) is 6.44. The van der Waals surface area contributed by atoms with E-state index in [1.165, 1.54) is 16.3 Å². The standard InChI is InChI=1S/C37H30N4/c1-24(2)34-20-19-33(23-38-34)27-11-15-28(16-12-27)35-39-36(31-17-13-25-7-3-5-9-29(25)21-31)41-37(40-35)32-18-14-26-8-4-6-10-30(26)22-32/h3-21,23-24,30H,22H2,1-2H3.